The third-order valence-electron chi connectivity index (χ3n) is 8.61. The molecule has 0 bridgehead atoms. The van der Waals surface area contributed by atoms with Crippen LogP contribution in [0, 0.1) is 0 Å². The van der Waals surface area contributed by atoms with Gasteiger partial charge in [-0.3, -0.25) is 19.8 Å². The van der Waals surface area contributed by atoms with Crippen LogP contribution >= 0.6 is 0 Å². The van der Waals surface area contributed by atoms with Crippen LogP contribution in [0.25, 0.3) is 6.08 Å². The third kappa shape index (κ3) is 8.13. The zero-order valence-electron chi connectivity index (χ0n) is 26.3. The summed E-state index contributed by atoms with van der Waals surface area (Å²) in [7, 11) is 0. The van der Waals surface area contributed by atoms with Crippen molar-refractivity contribution in [1.29, 1.82) is 0 Å². The summed E-state index contributed by atoms with van der Waals surface area (Å²) in [5, 5.41) is 8.55. The fraction of sp³-hybridized carbons (Fsp3) is 0.237. The molecule has 2 saturated heterocycles. The highest BCUT2D eigenvalue weighted by atomic mass is 16.2. The van der Waals surface area contributed by atoms with Gasteiger partial charge in [0.1, 0.15) is 0 Å². The minimum atomic E-state index is -0.660. The zero-order valence-corrected chi connectivity index (χ0v) is 26.3. The maximum atomic E-state index is 13.4. The lowest BCUT2D eigenvalue weighted by Crippen LogP contribution is -2.48. The van der Waals surface area contributed by atoms with Gasteiger partial charge in [-0.1, -0.05) is 91.0 Å². The highest BCUT2D eigenvalue weighted by Crippen LogP contribution is 2.33. The monoisotopic (exact) mass is 628 g/mol. The van der Waals surface area contributed by atoms with Crippen LogP contribution in [-0.2, 0) is 4.79 Å². The molecular weight excluding hydrogens is 588 g/mol. The Morgan fingerprint density at radius 2 is 1.30 bits per heavy atom. The first kappa shape index (κ1) is 31.7. The normalized spacial score (nSPS) is 15.5. The van der Waals surface area contributed by atoms with Crippen molar-refractivity contribution >= 4 is 35.3 Å². The molecule has 0 spiro atoms. The van der Waals surface area contributed by atoms with Gasteiger partial charge in [-0.2, -0.15) is 0 Å². The van der Waals surface area contributed by atoms with Crippen LogP contribution in [0.15, 0.2) is 115 Å². The summed E-state index contributed by atoms with van der Waals surface area (Å²) < 4.78 is 0. The Hall–Kier alpha value is -5.25. The van der Waals surface area contributed by atoms with Gasteiger partial charge in [0.2, 0.25) is 0 Å². The van der Waals surface area contributed by atoms with E-state index in [2.05, 4.69) is 74.3 Å². The Kier molecular flexibility index (Phi) is 10.4. The standard InChI is InChI=1S/C38H40N6O3/c45-35(19-16-29-10-4-1-5-11-29)41-38(47)40-33-28-32(37(46)44-22-20-39-21-23-44)17-18-34(33)42-24-26-43(27-25-42)36(30-12-6-2-7-13-30)31-14-8-3-9-15-31/h1-19,28,36,39H,20-27H2,(H2,40,41,45,47)/b19-16+. The largest absolute Gasteiger partial charge is 0.367 e. The van der Waals surface area contributed by atoms with Crippen molar-refractivity contribution in [3.63, 3.8) is 0 Å². The zero-order chi connectivity index (χ0) is 32.4. The molecule has 9 nitrogen and oxygen atoms in total. The Bertz CT molecular complexity index is 1640. The number of benzene rings is 4. The van der Waals surface area contributed by atoms with Crippen molar-refractivity contribution in [3.8, 4) is 0 Å². The summed E-state index contributed by atoms with van der Waals surface area (Å²) in [6, 6.07) is 35.4. The molecule has 0 unspecified atom stereocenters. The van der Waals surface area contributed by atoms with E-state index in [0.29, 0.717) is 24.3 Å². The molecule has 240 valence electrons. The van der Waals surface area contributed by atoms with E-state index in [9.17, 15) is 14.4 Å². The van der Waals surface area contributed by atoms with E-state index < -0.39 is 11.9 Å². The number of carbonyl (C=O) groups is 3. The molecule has 4 aromatic carbocycles. The molecule has 0 radical (unpaired) electrons. The second-order valence-corrected chi connectivity index (χ2v) is 11.7. The third-order valence-corrected chi connectivity index (χ3v) is 8.61. The Morgan fingerprint density at radius 3 is 1.91 bits per heavy atom. The fourth-order valence-corrected chi connectivity index (χ4v) is 6.24. The second kappa shape index (κ2) is 15.4. The quantitative estimate of drug-likeness (QED) is 0.238. The molecule has 9 heteroatoms. The Labute approximate surface area is 275 Å². The summed E-state index contributed by atoms with van der Waals surface area (Å²) in [4.78, 5) is 45.6. The fourth-order valence-electron chi connectivity index (χ4n) is 6.24. The summed E-state index contributed by atoms with van der Waals surface area (Å²) in [5.41, 5.74) is 5.12. The Balaban J connectivity index is 1.20. The van der Waals surface area contributed by atoms with Crippen molar-refractivity contribution in [3.05, 3.63) is 138 Å². The number of hydrogen-bond acceptors (Lipinski definition) is 6. The van der Waals surface area contributed by atoms with E-state index in [1.54, 1.807) is 12.1 Å². The topological polar surface area (TPSA) is 97.0 Å². The van der Waals surface area contributed by atoms with E-state index >= 15 is 0 Å². The molecule has 4 amide bonds. The second-order valence-electron chi connectivity index (χ2n) is 11.7. The lowest BCUT2D eigenvalue weighted by molar-refractivity contribution is -0.115. The first-order valence-corrected chi connectivity index (χ1v) is 16.1. The molecule has 3 N–H and O–H groups in total. The lowest BCUT2D eigenvalue weighted by Gasteiger charge is -2.41. The number of anilines is 2. The number of nitrogens with zero attached hydrogens (tertiary/aromatic N) is 3. The van der Waals surface area contributed by atoms with Crippen molar-refractivity contribution in [2.75, 3.05) is 62.6 Å². The highest BCUT2D eigenvalue weighted by Gasteiger charge is 2.28. The van der Waals surface area contributed by atoms with Gasteiger partial charge < -0.3 is 20.4 Å². The molecule has 0 aromatic heterocycles. The van der Waals surface area contributed by atoms with Gasteiger partial charge >= 0.3 is 6.03 Å². The summed E-state index contributed by atoms with van der Waals surface area (Å²) >= 11 is 0. The molecule has 6 rings (SSSR count). The van der Waals surface area contributed by atoms with Gasteiger partial charge in [-0.05, 0) is 41.0 Å². The molecule has 0 aliphatic carbocycles. The predicted molar refractivity (Wildman–Crippen MR) is 186 cm³/mol. The predicted octanol–water partition coefficient (Wildman–Crippen LogP) is 5.01. The van der Waals surface area contributed by atoms with Crippen LogP contribution in [-0.4, -0.2) is 80.0 Å². The number of rotatable bonds is 8. The molecular formula is C38H40N6O3. The number of urea groups is 1. The van der Waals surface area contributed by atoms with Crippen LogP contribution in [0.5, 0.6) is 0 Å². The number of nitrogens with one attached hydrogen (secondary N) is 3. The van der Waals surface area contributed by atoms with Crippen LogP contribution in [0.3, 0.4) is 0 Å². The van der Waals surface area contributed by atoms with Gasteiger partial charge in [0.05, 0.1) is 17.4 Å². The van der Waals surface area contributed by atoms with Crippen molar-refractivity contribution in [1.82, 2.24) is 20.4 Å². The SMILES string of the molecule is O=C(/C=C/c1ccccc1)NC(=O)Nc1cc(C(=O)N2CCNCC2)ccc1N1CCN(C(c2ccccc2)c2ccccc2)CC1. The van der Waals surface area contributed by atoms with Gasteiger partial charge in [0.25, 0.3) is 11.8 Å². The summed E-state index contributed by atoms with van der Waals surface area (Å²) in [6.07, 6.45) is 2.98. The van der Waals surface area contributed by atoms with Crippen LogP contribution in [0.4, 0.5) is 16.2 Å². The van der Waals surface area contributed by atoms with E-state index in [1.807, 2.05) is 59.5 Å². The molecule has 2 fully saturated rings. The van der Waals surface area contributed by atoms with E-state index in [0.717, 1.165) is 50.5 Å². The average Bonchev–Trinajstić information content (AvgIpc) is 3.12. The van der Waals surface area contributed by atoms with Crippen LogP contribution in [0.2, 0.25) is 0 Å². The molecule has 2 heterocycles. The van der Waals surface area contributed by atoms with Crippen molar-refractivity contribution in [2.45, 2.75) is 6.04 Å². The molecule has 2 aliphatic heterocycles. The summed E-state index contributed by atoms with van der Waals surface area (Å²) in [5.74, 6) is -0.621. The van der Waals surface area contributed by atoms with Crippen LogP contribution in [0.1, 0.15) is 33.1 Å². The number of piperazine rings is 2. The number of hydrogen-bond donors (Lipinski definition) is 3. The highest BCUT2D eigenvalue weighted by molar-refractivity contribution is 6.08. The molecule has 0 saturated carbocycles. The van der Waals surface area contributed by atoms with E-state index in [4.69, 9.17) is 0 Å². The molecule has 47 heavy (non-hydrogen) atoms. The minimum Gasteiger partial charge on any atom is -0.367 e. The number of carbonyl (C=O) groups excluding carboxylic acids is 3. The maximum Gasteiger partial charge on any atom is 0.326 e. The number of amides is 4. The van der Waals surface area contributed by atoms with E-state index in [1.165, 1.54) is 17.2 Å². The number of imide groups is 1. The minimum absolute atomic E-state index is 0.0817. The van der Waals surface area contributed by atoms with Gasteiger partial charge in [0, 0.05) is 64.0 Å². The molecule has 4 aromatic rings. The van der Waals surface area contributed by atoms with Crippen LogP contribution < -0.4 is 20.9 Å². The lowest BCUT2D eigenvalue weighted by atomic mass is 9.96. The summed E-state index contributed by atoms with van der Waals surface area (Å²) in [6.45, 7) is 5.76. The first-order chi connectivity index (χ1) is 23.0. The van der Waals surface area contributed by atoms with Gasteiger partial charge in [-0.25, -0.2) is 4.79 Å². The van der Waals surface area contributed by atoms with Gasteiger partial charge in [0.15, 0.2) is 0 Å². The van der Waals surface area contributed by atoms with Crippen molar-refractivity contribution < 1.29 is 14.4 Å². The molecule has 2 aliphatic rings. The Morgan fingerprint density at radius 1 is 0.702 bits per heavy atom. The first-order valence-electron chi connectivity index (χ1n) is 16.1. The van der Waals surface area contributed by atoms with E-state index in [-0.39, 0.29) is 11.9 Å². The molecule has 0 atom stereocenters. The van der Waals surface area contributed by atoms with Gasteiger partial charge in [-0.15, -0.1) is 0 Å². The smallest absolute Gasteiger partial charge is 0.326 e. The maximum absolute atomic E-state index is 13.4. The van der Waals surface area contributed by atoms with Crippen molar-refractivity contribution in [2.24, 2.45) is 0 Å². The average molecular weight is 629 g/mol.